The topological polar surface area (TPSA) is 20.3 Å². The van der Waals surface area contributed by atoms with Crippen molar-refractivity contribution in [3.05, 3.63) is 65.7 Å². The summed E-state index contributed by atoms with van der Waals surface area (Å²) in [4.78, 5) is 13.6. The molecule has 0 unspecified atom stereocenters. The summed E-state index contributed by atoms with van der Waals surface area (Å²) in [5.41, 5.74) is 1.42. The summed E-state index contributed by atoms with van der Waals surface area (Å²) < 4.78 is 25.9. The summed E-state index contributed by atoms with van der Waals surface area (Å²) in [6.07, 6.45) is 0.236. The molecule has 0 aliphatic carbocycles. The highest BCUT2D eigenvalue weighted by Crippen LogP contribution is 2.14. The zero-order chi connectivity index (χ0) is 14.5. The average molecular weight is 275 g/mol. The fraction of sp³-hybridized carbons (Fsp3) is 0.188. The van der Waals surface area contributed by atoms with Crippen LogP contribution in [0, 0.1) is 11.6 Å². The maximum atomic E-state index is 13.1. The molecule has 104 valence electrons. The lowest BCUT2D eigenvalue weighted by Crippen LogP contribution is -2.26. The van der Waals surface area contributed by atoms with Gasteiger partial charge >= 0.3 is 0 Å². The van der Waals surface area contributed by atoms with Crippen molar-refractivity contribution in [2.45, 2.75) is 6.42 Å². The third-order valence-corrected chi connectivity index (χ3v) is 2.98. The summed E-state index contributed by atoms with van der Waals surface area (Å²) >= 11 is 0. The van der Waals surface area contributed by atoms with Crippen molar-refractivity contribution in [1.29, 1.82) is 0 Å². The van der Waals surface area contributed by atoms with Crippen LogP contribution in [0.15, 0.2) is 48.5 Å². The van der Waals surface area contributed by atoms with Crippen molar-refractivity contribution < 1.29 is 13.6 Å². The largest absolute Gasteiger partial charge is 0.367 e. The molecule has 4 heteroatoms. The summed E-state index contributed by atoms with van der Waals surface area (Å²) in [6, 6.07) is 11.9. The van der Waals surface area contributed by atoms with Crippen LogP contribution < -0.4 is 4.90 Å². The van der Waals surface area contributed by atoms with E-state index in [4.69, 9.17) is 0 Å². The van der Waals surface area contributed by atoms with Gasteiger partial charge in [-0.1, -0.05) is 18.2 Å². The van der Waals surface area contributed by atoms with E-state index in [1.807, 2.05) is 0 Å². The molecule has 2 rings (SSSR count). The lowest BCUT2D eigenvalue weighted by molar-refractivity contribution is -0.117. The van der Waals surface area contributed by atoms with Crippen LogP contribution in [0.2, 0.25) is 0 Å². The quantitative estimate of drug-likeness (QED) is 0.835. The first kappa shape index (κ1) is 14.2. The molecule has 2 aromatic carbocycles. The molecule has 0 aromatic heterocycles. The number of carbonyl (C=O) groups excluding carboxylic acids is 1. The predicted octanol–water partition coefficient (Wildman–Crippen LogP) is 3.21. The Bertz CT molecular complexity index is 596. The molecule has 0 aliphatic rings. The Kier molecular flexibility index (Phi) is 4.45. The van der Waals surface area contributed by atoms with E-state index in [9.17, 15) is 13.6 Å². The van der Waals surface area contributed by atoms with E-state index in [1.54, 1.807) is 36.2 Å². The molecule has 20 heavy (non-hydrogen) atoms. The minimum Gasteiger partial charge on any atom is -0.367 e. The zero-order valence-electron chi connectivity index (χ0n) is 11.1. The van der Waals surface area contributed by atoms with Crippen molar-refractivity contribution in [1.82, 2.24) is 0 Å². The van der Waals surface area contributed by atoms with Crippen LogP contribution in [0.4, 0.5) is 14.5 Å². The number of ketones is 1. The minimum absolute atomic E-state index is 0.0108. The van der Waals surface area contributed by atoms with Crippen LogP contribution in [-0.2, 0) is 11.2 Å². The molecule has 0 heterocycles. The smallest absolute Gasteiger partial charge is 0.156 e. The molecule has 0 N–H and O–H groups in total. The number of benzene rings is 2. The monoisotopic (exact) mass is 275 g/mol. The molecule has 0 radical (unpaired) electrons. The van der Waals surface area contributed by atoms with Crippen LogP contribution in [0.1, 0.15) is 5.56 Å². The molecule has 0 fully saturated rings. The van der Waals surface area contributed by atoms with Gasteiger partial charge in [-0.15, -0.1) is 0 Å². The Hall–Kier alpha value is -2.23. The second kappa shape index (κ2) is 6.28. The van der Waals surface area contributed by atoms with Crippen molar-refractivity contribution in [3.63, 3.8) is 0 Å². The maximum absolute atomic E-state index is 13.1. The average Bonchev–Trinajstić information content (AvgIpc) is 2.41. The van der Waals surface area contributed by atoms with Crippen LogP contribution >= 0.6 is 0 Å². The number of nitrogens with zero attached hydrogens (tertiary/aromatic N) is 1. The first-order chi connectivity index (χ1) is 9.54. The summed E-state index contributed by atoms with van der Waals surface area (Å²) in [7, 11) is 1.73. The Morgan fingerprint density at radius 1 is 1.05 bits per heavy atom. The third kappa shape index (κ3) is 3.88. The first-order valence-corrected chi connectivity index (χ1v) is 6.27. The molecule has 2 aromatic rings. The molecule has 0 amide bonds. The highest BCUT2D eigenvalue weighted by Gasteiger charge is 2.09. The molecule has 0 aliphatic heterocycles. The summed E-state index contributed by atoms with van der Waals surface area (Å²) in [6.45, 7) is 0.181. The van der Waals surface area contributed by atoms with E-state index in [2.05, 4.69) is 0 Å². The van der Waals surface area contributed by atoms with E-state index < -0.39 is 0 Å². The van der Waals surface area contributed by atoms with Crippen molar-refractivity contribution in [2.24, 2.45) is 0 Å². The Balaban J connectivity index is 1.95. The van der Waals surface area contributed by atoms with Gasteiger partial charge in [0.05, 0.1) is 6.54 Å². The van der Waals surface area contributed by atoms with Gasteiger partial charge in [0.15, 0.2) is 5.78 Å². The molecule has 0 saturated carbocycles. The minimum atomic E-state index is -0.333. The number of carbonyl (C=O) groups is 1. The van der Waals surface area contributed by atoms with Crippen LogP contribution in [0.5, 0.6) is 0 Å². The second-order valence-electron chi connectivity index (χ2n) is 4.68. The number of hydrogen-bond acceptors (Lipinski definition) is 2. The molecule has 0 atom stereocenters. The normalized spacial score (nSPS) is 10.3. The number of hydrogen-bond donors (Lipinski definition) is 0. The standard InChI is InChI=1S/C16H15F2NO/c1-19(15-4-2-3-14(18)10-15)11-16(20)9-12-5-7-13(17)8-6-12/h2-8,10H,9,11H2,1H3. The van der Waals surface area contributed by atoms with Gasteiger partial charge in [0.1, 0.15) is 11.6 Å². The van der Waals surface area contributed by atoms with E-state index >= 15 is 0 Å². The zero-order valence-corrected chi connectivity index (χ0v) is 11.1. The Morgan fingerprint density at radius 3 is 2.40 bits per heavy atom. The van der Waals surface area contributed by atoms with Crippen molar-refractivity contribution in [2.75, 3.05) is 18.5 Å². The maximum Gasteiger partial charge on any atom is 0.156 e. The third-order valence-electron chi connectivity index (χ3n) is 2.98. The van der Waals surface area contributed by atoms with Gasteiger partial charge in [0.25, 0.3) is 0 Å². The lowest BCUT2D eigenvalue weighted by Gasteiger charge is -2.18. The van der Waals surface area contributed by atoms with Gasteiger partial charge in [0.2, 0.25) is 0 Å². The van der Waals surface area contributed by atoms with Gasteiger partial charge in [-0.25, -0.2) is 8.78 Å². The molecule has 0 bridgehead atoms. The van der Waals surface area contributed by atoms with Crippen LogP contribution in [-0.4, -0.2) is 19.4 Å². The molecule has 0 saturated heterocycles. The van der Waals surface area contributed by atoms with E-state index in [-0.39, 0.29) is 30.4 Å². The highest BCUT2D eigenvalue weighted by atomic mass is 19.1. The molecule has 2 nitrogen and oxygen atoms in total. The number of anilines is 1. The number of halogens is 2. The van der Waals surface area contributed by atoms with Crippen molar-refractivity contribution in [3.8, 4) is 0 Å². The fourth-order valence-corrected chi connectivity index (χ4v) is 1.96. The first-order valence-electron chi connectivity index (χ1n) is 6.27. The van der Waals surface area contributed by atoms with E-state index in [0.29, 0.717) is 5.69 Å². The highest BCUT2D eigenvalue weighted by molar-refractivity contribution is 5.85. The predicted molar refractivity (Wildman–Crippen MR) is 74.8 cm³/mol. The van der Waals surface area contributed by atoms with Gasteiger partial charge in [-0.2, -0.15) is 0 Å². The van der Waals surface area contributed by atoms with Crippen molar-refractivity contribution >= 4 is 11.5 Å². The number of rotatable bonds is 5. The van der Waals surface area contributed by atoms with Gasteiger partial charge in [0, 0.05) is 19.2 Å². The van der Waals surface area contributed by atoms with Gasteiger partial charge in [-0.3, -0.25) is 4.79 Å². The SMILES string of the molecule is CN(CC(=O)Cc1ccc(F)cc1)c1cccc(F)c1. The molecule has 0 spiro atoms. The van der Waals surface area contributed by atoms with Crippen LogP contribution in [0.3, 0.4) is 0 Å². The molecular formula is C16H15F2NO. The lowest BCUT2D eigenvalue weighted by atomic mass is 10.1. The summed E-state index contributed by atoms with van der Waals surface area (Å²) in [5, 5.41) is 0. The number of Topliss-reactive ketones (excluding diaryl/α,β-unsaturated/α-hetero) is 1. The Morgan fingerprint density at radius 2 is 1.75 bits per heavy atom. The van der Waals surface area contributed by atoms with Gasteiger partial charge < -0.3 is 4.90 Å². The number of likely N-dealkylation sites (N-methyl/N-ethyl adjacent to an activating group) is 1. The molecular weight excluding hydrogens is 260 g/mol. The fourth-order valence-electron chi connectivity index (χ4n) is 1.96. The second-order valence-corrected chi connectivity index (χ2v) is 4.68. The van der Waals surface area contributed by atoms with Gasteiger partial charge in [-0.05, 0) is 35.9 Å². The van der Waals surface area contributed by atoms with Crippen LogP contribution in [0.25, 0.3) is 0 Å². The Labute approximate surface area is 116 Å². The van der Waals surface area contributed by atoms with E-state index in [0.717, 1.165) is 5.56 Å². The summed E-state index contributed by atoms with van der Waals surface area (Å²) in [5.74, 6) is -0.665. The van der Waals surface area contributed by atoms with E-state index in [1.165, 1.54) is 24.3 Å².